The Hall–Kier alpha value is -0.600. The van der Waals surface area contributed by atoms with Gasteiger partial charge in [-0.25, -0.2) is 0 Å². The van der Waals surface area contributed by atoms with Gasteiger partial charge < -0.3 is 9.88 Å². The number of hydrogen-bond acceptors (Lipinski definition) is 1. The molecule has 0 unspecified atom stereocenters. The number of aromatic nitrogens is 1. The van der Waals surface area contributed by atoms with Crippen molar-refractivity contribution in [2.75, 3.05) is 6.00 Å². The Morgan fingerprint density at radius 2 is 2.42 bits per heavy atom. The summed E-state index contributed by atoms with van der Waals surface area (Å²) >= 11 is 5.68. The molecule has 1 aliphatic rings. The fraction of sp³-hybridized carbons (Fsp3) is 0.250. The summed E-state index contributed by atoms with van der Waals surface area (Å²) in [6, 6.07) is 2.64. The van der Waals surface area contributed by atoms with Gasteiger partial charge in [0, 0.05) is 24.6 Å². The van der Waals surface area contributed by atoms with E-state index >= 15 is 0 Å². The van der Waals surface area contributed by atoms with Crippen molar-refractivity contribution < 1.29 is 0 Å². The van der Waals surface area contributed by atoms with E-state index in [1.165, 1.54) is 11.3 Å². The molecule has 1 aromatic rings. The largest absolute Gasteiger partial charge is 0.361 e. The molecular formula is C8H10Cl2N2. The number of rotatable bonds is 1. The average Bonchev–Trinajstić information content (AvgIpc) is 2.50. The highest BCUT2D eigenvalue weighted by atomic mass is 35.5. The van der Waals surface area contributed by atoms with Crippen LogP contribution in [0.4, 0.5) is 0 Å². The van der Waals surface area contributed by atoms with Crippen LogP contribution in [-0.4, -0.2) is 15.9 Å². The number of alkyl halides is 1. The minimum absolute atomic E-state index is 0. The summed E-state index contributed by atoms with van der Waals surface area (Å²) in [5, 5.41) is 0. The molecule has 12 heavy (non-hydrogen) atoms. The Bertz CT molecular complexity index is 280. The van der Waals surface area contributed by atoms with Crippen molar-refractivity contribution in [2.45, 2.75) is 6.54 Å². The maximum Gasteiger partial charge on any atom is 0.0926 e. The normalized spacial score (nSPS) is 13.9. The van der Waals surface area contributed by atoms with Gasteiger partial charge in [0.15, 0.2) is 0 Å². The molecule has 2 rings (SSSR count). The number of H-pyrrole nitrogens is 1. The third kappa shape index (κ3) is 1.59. The Labute approximate surface area is 82.6 Å². The van der Waals surface area contributed by atoms with Gasteiger partial charge in [0.25, 0.3) is 0 Å². The lowest BCUT2D eigenvalue weighted by Crippen LogP contribution is -2.17. The third-order valence-electron chi connectivity index (χ3n) is 1.85. The van der Waals surface area contributed by atoms with Crippen LogP contribution in [0, 0.1) is 0 Å². The van der Waals surface area contributed by atoms with Gasteiger partial charge >= 0.3 is 0 Å². The van der Waals surface area contributed by atoms with Crippen LogP contribution < -0.4 is 0 Å². The molecule has 0 saturated heterocycles. The van der Waals surface area contributed by atoms with Crippen LogP contribution in [0.25, 0.3) is 6.08 Å². The van der Waals surface area contributed by atoms with Crippen molar-refractivity contribution in [3.05, 3.63) is 29.7 Å². The van der Waals surface area contributed by atoms with Gasteiger partial charge in [0.2, 0.25) is 0 Å². The Balaban J connectivity index is 0.000000720. The van der Waals surface area contributed by atoms with E-state index in [1.807, 2.05) is 18.5 Å². The van der Waals surface area contributed by atoms with Crippen molar-refractivity contribution in [3.8, 4) is 0 Å². The number of hydrogen-bond donors (Lipinski definition) is 1. The lowest BCUT2D eigenvalue weighted by Gasteiger charge is -2.20. The van der Waals surface area contributed by atoms with E-state index in [-0.39, 0.29) is 12.4 Å². The molecule has 0 aromatic carbocycles. The molecule has 0 radical (unpaired) electrons. The molecule has 0 spiro atoms. The molecule has 0 bridgehead atoms. The summed E-state index contributed by atoms with van der Waals surface area (Å²) in [4.78, 5) is 5.20. The fourth-order valence-electron chi connectivity index (χ4n) is 1.24. The highest BCUT2D eigenvalue weighted by molar-refractivity contribution is 6.17. The molecule has 2 heterocycles. The molecule has 0 amide bonds. The van der Waals surface area contributed by atoms with Gasteiger partial charge in [-0.3, -0.25) is 0 Å². The zero-order chi connectivity index (χ0) is 7.68. The molecule has 1 aliphatic heterocycles. The van der Waals surface area contributed by atoms with E-state index in [1.54, 1.807) is 0 Å². The van der Waals surface area contributed by atoms with Gasteiger partial charge in [0.1, 0.15) is 0 Å². The van der Waals surface area contributed by atoms with Crippen LogP contribution in [0.3, 0.4) is 0 Å². The number of halogens is 2. The maximum absolute atomic E-state index is 5.68. The van der Waals surface area contributed by atoms with E-state index < -0.39 is 0 Å². The molecule has 1 N–H and O–H groups in total. The quantitative estimate of drug-likeness (QED) is 0.551. The number of nitrogens with zero attached hydrogens (tertiary/aromatic N) is 1. The van der Waals surface area contributed by atoms with Crippen molar-refractivity contribution in [3.63, 3.8) is 0 Å². The summed E-state index contributed by atoms with van der Waals surface area (Å²) in [5.41, 5.74) is 2.51. The van der Waals surface area contributed by atoms with E-state index in [9.17, 15) is 0 Å². The Morgan fingerprint density at radius 1 is 1.58 bits per heavy atom. The van der Waals surface area contributed by atoms with E-state index in [4.69, 9.17) is 11.6 Å². The first-order valence-corrected chi connectivity index (χ1v) is 4.08. The zero-order valence-corrected chi connectivity index (χ0v) is 8.03. The molecule has 66 valence electrons. The molecule has 0 fully saturated rings. The monoisotopic (exact) mass is 204 g/mol. The highest BCUT2D eigenvalue weighted by Crippen LogP contribution is 2.17. The predicted molar refractivity (Wildman–Crippen MR) is 53.3 cm³/mol. The summed E-state index contributed by atoms with van der Waals surface area (Å²) in [6.07, 6.45) is 6.00. The third-order valence-corrected chi connectivity index (χ3v) is 2.16. The lowest BCUT2D eigenvalue weighted by molar-refractivity contribution is 0.427. The summed E-state index contributed by atoms with van der Waals surface area (Å²) in [6.45, 7) is 0.916. The van der Waals surface area contributed by atoms with Gasteiger partial charge in [-0.15, -0.1) is 24.0 Å². The fourth-order valence-corrected chi connectivity index (χ4v) is 1.41. The molecule has 0 saturated carbocycles. The number of fused-ring (bicyclic) bond motifs is 1. The van der Waals surface area contributed by atoms with Crippen LogP contribution in [0.2, 0.25) is 0 Å². The molecule has 2 nitrogen and oxygen atoms in total. The van der Waals surface area contributed by atoms with Crippen molar-refractivity contribution >= 4 is 30.1 Å². The van der Waals surface area contributed by atoms with Crippen molar-refractivity contribution in [1.29, 1.82) is 0 Å². The van der Waals surface area contributed by atoms with E-state index in [0.717, 1.165) is 6.54 Å². The summed E-state index contributed by atoms with van der Waals surface area (Å²) in [5.74, 6) is 0. The Morgan fingerprint density at radius 3 is 3.17 bits per heavy atom. The standard InChI is InChI=1S/C8H9ClN2.ClH/c9-6-11-4-2-8-7(5-11)1-3-10-8;/h1-4,10H,5-6H2;1H. The molecular weight excluding hydrogens is 195 g/mol. The second-order valence-electron chi connectivity index (χ2n) is 2.60. The minimum Gasteiger partial charge on any atom is -0.361 e. The smallest absolute Gasteiger partial charge is 0.0926 e. The van der Waals surface area contributed by atoms with Gasteiger partial charge in [-0.05, 0) is 17.7 Å². The van der Waals surface area contributed by atoms with E-state index in [0.29, 0.717) is 6.00 Å². The maximum atomic E-state index is 5.68. The topological polar surface area (TPSA) is 19.0 Å². The molecule has 1 aromatic heterocycles. The first-order chi connectivity index (χ1) is 5.40. The number of aromatic amines is 1. The minimum atomic E-state index is 0. The molecule has 0 aliphatic carbocycles. The van der Waals surface area contributed by atoms with Gasteiger partial charge in [0.05, 0.1) is 6.00 Å². The van der Waals surface area contributed by atoms with Crippen LogP contribution in [0.5, 0.6) is 0 Å². The predicted octanol–water partition coefficient (Wildman–Crippen LogP) is 2.42. The first-order valence-electron chi connectivity index (χ1n) is 3.54. The highest BCUT2D eigenvalue weighted by Gasteiger charge is 2.08. The molecule has 4 heteroatoms. The SMILES string of the molecule is Cl.ClCN1C=Cc2[nH]ccc2C1. The summed E-state index contributed by atoms with van der Waals surface area (Å²) < 4.78 is 0. The van der Waals surface area contributed by atoms with Crippen LogP contribution in [-0.2, 0) is 6.54 Å². The zero-order valence-electron chi connectivity index (χ0n) is 6.46. The van der Waals surface area contributed by atoms with E-state index in [2.05, 4.69) is 16.0 Å². The molecule has 0 atom stereocenters. The first kappa shape index (κ1) is 9.49. The second-order valence-corrected chi connectivity index (χ2v) is 2.84. The van der Waals surface area contributed by atoms with Gasteiger partial charge in [-0.2, -0.15) is 0 Å². The van der Waals surface area contributed by atoms with Crippen LogP contribution in [0.1, 0.15) is 11.3 Å². The Kier molecular flexibility index (Phi) is 3.06. The van der Waals surface area contributed by atoms with Crippen molar-refractivity contribution in [2.24, 2.45) is 0 Å². The van der Waals surface area contributed by atoms with Crippen molar-refractivity contribution in [1.82, 2.24) is 9.88 Å². The lowest BCUT2D eigenvalue weighted by atomic mass is 10.2. The average molecular weight is 205 g/mol. The van der Waals surface area contributed by atoms with Crippen LogP contribution in [0.15, 0.2) is 18.5 Å². The second kappa shape index (κ2) is 3.87. The number of nitrogens with one attached hydrogen (secondary N) is 1. The summed E-state index contributed by atoms with van der Waals surface area (Å²) in [7, 11) is 0. The van der Waals surface area contributed by atoms with Crippen LogP contribution >= 0.6 is 24.0 Å². The van der Waals surface area contributed by atoms with Gasteiger partial charge in [-0.1, -0.05) is 0 Å².